The fourth-order valence-corrected chi connectivity index (χ4v) is 2.82. The maximum Gasteiger partial charge on any atom is 0.323 e. The second-order valence-corrected chi connectivity index (χ2v) is 4.98. The molecule has 1 fully saturated rings. The Kier molecular flexibility index (Phi) is 2.93. The minimum atomic E-state index is -1.19. The van der Waals surface area contributed by atoms with E-state index in [2.05, 4.69) is 4.90 Å². The lowest BCUT2D eigenvalue weighted by Gasteiger charge is -2.20. The summed E-state index contributed by atoms with van der Waals surface area (Å²) in [6.45, 7) is 1.12. The van der Waals surface area contributed by atoms with Crippen LogP contribution in [0.3, 0.4) is 0 Å². The summed E-state index contributed by atoms with van der Waals surface area (Å²) in [6, 6.07) is 5.14. The predicted molar refractivity (Wildman–Crippen MR) is 70.9 cm³/mol. The number of imide groups is 1. The van der Waals surface area contributed by atoms with Crippen molar-refractivity contribution in [2.45, 2.75) is 12.8 Å². The van der Waals surface area contributed by atoms with Crippen LogP contribution in [0, 0.1) is 0 Å². The van der Waals surface area contributed by atoms with Crippen molar-refractivity contribution in [1.29, 1.82) is 0 Å². The number of amides is 2. The van der Waals surface area contributed by atoms with Gasteiger partial charge in [0.15, 0.2) is 0 Å². The van der Waals surface area contributed by atoms with Gasteiger partial charge in [0.2, 0.25) is 0 Å². The van der Waals surface area contributed by atoms with E-state index in [1.807, 2.05) is 6.07 Å². The molecule has 1 aromatic carbocycles. The standard InChI is InChI=1S/C14H14N2O4/c17-11(18)8-16-13(19)9-4-3-5-10(12(9)14(16)20)15-6-1-2-7-15/h3-5H,1-2,6-8H2,(H,17,18). The summed E-state index contributed by atoms with van der Waals surface area (Å²) in [5.41, 5.74) is 1.40. The lowest BCUT2D eigenvalue weighted by Crippen LogP contribution is -2.35. The molecule has 1 N–H and O–H groups in total. The SMILES string of the molecule is O=C(O)CN1C(=O)c2cccc(N3CCCC3)c2C1=O. The highest BCUT2D eigenvalue weighted by Crippen LogP contribution is 2.33. The van der Waals surface area contributed by atoms with Crippen molar-refractivity contribution in [3.8, 4) is 0 Å². The van der Waals surface area contributed by atoms with E-state index in [-0.39, 0.29) is 0 Å². The topological polar surface area (TPSA) is 77.9 Å². The lowest BCUT2D eigenvalue weighted by molar-refractivity contribution is -0.137. The highest BCUT2D eigenvalue weighted by Gasteiger charge is 2.39. The number of aliphatic carboxylic acids is 1. The number of carbonyl (C=O) groups is 3. The van der Waals surface area contributed by atoms with Gasteiger partial charge in [0.1, 0.15) is 6.54 Å². The second-order valence-electron chi connectivity index (χ2n) is 4.98. The molecule has 0 radical (unpaired) electrons. The number of hydrogen-bond donors (Lipinski definition) is 1. The van der Waals surface area contributed by atoms with Crippen LogP contribution in [-0.4, -0.2) is 47.4 Å². The highest BCUT2D eigenvalue weighted by atomic mass is 16.4. The summed E-state index contributed by atoms with van der Waals surface area (Å²) in [4.78, 5) is 38.1. The van der Waals surface area contributed by atoms with E-state index >= 15 is 0 Å². The van der Waals surface area contributed by atoms with Crippen LogP contribution in [0.2, 0.25) is 0 Å². The first kappa shape index (κ1) is 12.7. The molecule has 0 saturated carbocycles. The van der Waals surface area contributed by atoms with Gasteiger partial charge in [-0.05, 0) is 25.0 Å². The molecule has 3 rings (SSSR count). The molecule has 0 bridgehead atoms. The number of rotatable bonds is 3. The molecule has 6 heteroatoms. The summed E-state index contributed by atoms with van der Waals surface area (Å²) < 4.78 is 0. The Bertz CT molecular complexity index is 605. The van der Waals surface area contributed by atoms with Gasteiger partial charge >= 0.3 is 5.97 Å². The Morgan fingerprint density at radius 2 is 1.85 bits per heavy atom. The average Bonchev–Trinajstić information content (AvgIpc) is 3.02. The Labute approximate surface area is 115 Å². The van der Waals surface area contributed by atoms with Crippen molar-refractivity contribution < 1.29 is 19.5 Å². The molecule has 104 valence electrons. The smallest absolute Gasteiger partial charge is 0.323 e. The monoisotopic (exact) mass is 274 g/mol. The van der Waals surface area contributed by atoms with Crippen LogP contribution in [0.25, 0.3) is 0 Å². The van der Waals surface area contributed by atoms with Crippen LogP contribution in [0.5, 0.6) is 0 Å². The molecule has 2 amide bonds. The Hall–Kier alpha value is -2.37. The third kappa shape index (κ3) is 1.84. The maximum atomic E-state index is 12.3. The van der Waals surface area contributed by atoms with Crippen LogP contribution in [-0.2, 0) is 4.79 Å². The number of anilines is 1. The quantitative estimate of drug-likeness (QED) is 0.831. The zero-order valence-corrected chi connectivity index (χ0v) is 10.8. The fraction of sp³-hybridized carbons (Fsp3) is 0.357. The van der Waals surface area contributed by atoms with E-state index in [1.54, 1.807) is 12.1 Å². The molecule has 2 heterocycles. The van der Waals surface area contributed by atoms with Crippen molar-refractivity contribution in [3.05, 3.63) is 29.3 Å². The average molecular weight is 274 g/mol. The first-order chi connectivity index (χ1) is 9.59. The number of fused-ring (bicyclic) bond motifs is 1. The molecular formula is C14H14N2O4. The van der Waals surface area contributed by atoms with E-state index in [9.17, 15) is 14.4 Å². The largest absolute Gasteiger partial charge is 0.480 e. The number of nitrogens with zero attached hydrogens (tertiary/aromatic N) is 2. The van der Waals surface area contributed by atoms with Crippen LogP contribution in [0.4, 0.5) is 5.69 Å². The van der Waals surface area contributed by atoms with Crippen LogP contribution in [0.1, 0.15) is 33.6 Å². The fourth-order valence-electron chi connectivity index (χ4n) is 2.82. The lowest BCUT2D eigenvalue weighted by atomic mass is 10.1. The number of carboxylic acids is 1. The molecule has 0 atom stereocenters. The summed E-state index contributed by atoms with van der Waals surface area (Å²) in [5.74, 6) is -2.22. The molecule has 6 nitrogen and oxygen atoms in total. The first-order valence-electron chi connectivity index (χ1n) is 6.55. The molecule has 1 aromatic rings. The third-order valence-electron chi connectivity index (χ3n) is 3.72. The molecule has 0 aromatic heterocycles. The van der Waals surface area contributed by atoms with E-state index < -0.39 is 24.3 Å². The van der Waals surface area contributed by atoms with Gasteiger partial charge in [-0.1, -0.05) is 6.07 Å². The first-order valence-corrected chi connectivity index (χ1v) is 6.55. The minimum absolute atomic E-state index is 0.306. The summed E-state index contributed by atoms with van der Waals surface area (Å²) in [6.07, 6.45) is 2.12. The van der Waals surface area contributed by atoms with Crippen molar-refractivity contribution >= 4 is 23.5 Å². The molecule has 20 heavy (non-hydrogen) atoms. The molecule has 0 spiro atoms. The number of benzene rings is 1. The zero-order valence-electron chi connectivity index (χ0n) is 10.8. The minimum Gasteiger partial charge on any atom is -0.480 e. The zero-order chi connectivity index (χ0) is 14.3. The second kappa shape index (κ2) is 4.63. The van der Waals surface area contributed by atoms with E-state index in [0.29, 0.717) is 11.1 Å². The van der Waals surface area contributed by atoms with Gasteiger partial charge in [0.05, 0.1) is 16.8 Å². The Morgan fingerprint density at radius 1 is 1.15 bits per heavy atom. The predicted octanol–water partition coefficient (Wildman–Crippen LogP) is 0.967. The third-order valence-corrected chi connectivity index (χ3v) is 3.72. The Morgan fingerprint density at radius 3 is 2.50 bits per heavy atom. The van der Waals surface area contributed by atoms with Crippen LogP contribution < -0.4 is 4.90 Å². The number of carbonyl (C=O) groups excluding carboxylic acids is 2. The molecule has 1 saturated heterocycles. The van der Waals surface area contributed by atoms with E-state index in [1.165, 1.54) is 0 Å². The summed E-state index contributed by atoms with van der Waals surface area (Å²) >= 11 is 0. The van der Waals surface area contributed by atoms with Gasteiger partial charge in [0, 0.05) is 13.1 Å². The van der Waals surface area contributed by atoms with Gasteiger partial charge in [-0.3, -0.25) is 19.3 Å². The van der Waals surface area contributed by atoms with E-state index in [0.717, 1.165) is 36.5 Å². The van der Waals surface area contributed by atoms with Gasteiger partial charge in [-0.15, -0.1) is 0 Å². The molecule has 0 unspecified atom stereocenters. The maximum absolute atomic E-state index is 12.3. The van der Waals surface area contributed by atoms with Crippen molar-refractivity contribution in [2.75, 3.05) is 24.5 Å². The molecule has 2 aliphatic rings. The highest BCUT2D eigenvalue weighted by molar-refractivity contribution is 6.24. The van der Waals surface area contributed by atoms with Crippen molar-refractivity contribution in [2.24, 2.45) is 0 Å². The molecule has 0 aliphatic carbocycles. The Balaban J connectivity index is 2.03. The van der Waals surface area contributed by atoms with Crippen LogP contribution in [0.15, 0.2) is 18.2 Å². The molecule has 2 aliphatic heterocycles. The van der Waals surface area contributed by atoms with Gasteiger partial charge in [-0.25, -0.2) is 0 Å². The summed E-state index contributed by atoms with van der Waals surface area (Å²) in [5, 5.41) is 8.81. The molecular weight excluding hydrogens is 260 g/mol. The van der Waals surface area contributed by atoms with Gasteiger partial charge in [0.25, 0.3) is 11.8 Å². The van der Waals surface area contributed by atoms with Crippen LogP contribution >= 0.6 is 0 Å². The number of hydrogen-bond acceptors (Lipinski definition) is 4. The summed E-state index contributed by atoms with van der Waals surface area (Å²) in [7, 11) is 0. The van der Waals surface area contributed by atoms with Crippen molar-refractivity contribution in [1.82, 2.24) is 4.90 Å². The number of carboxylic acid groups (broad SMARTS) is 1. The van der Waals surface area contributed by atoms with Gasteiger partial charge < -0.3 is 10.0 Å². The van der Waals surface area contributed by atoms with Gasteiger partial charge in [-0.2, -0.15) is 0 Å². The van der Waals surface area contributed by atoms with E-state index in [4.69, 9.17) is 5.11 Å². The van der Waals surface area contributed by atoms with Crippen molar-refractivity contribution in [3.63, 3.8) is 0 Å². The normalized spacial score (nSPS) is 17.8.